The largest absolute Gasteiger partial charge is 0.490 e. The Hall–Kier alpha value is -0.610. The second kappa shape index (κ2) is 4.31. The molecule has 0 aliphatic heterocycles. The summed E-state index contributed by atoms with van der Waals surface area (Å²) in [5, 5.41) is 8.44. The molecule has 0 amide bonds. The standard InChI is InChI=1S/C7H8BrNO2/c8-6-3-7(5-9-4-6)11-2-1-10/h3-5,10H,1-2H2. The van der Waals surface area contributed by atoms with Crippen molar-refractivity contribution in [1.29, 1.82) is 0 Å². The zero-order valence-electron chi connectivity index (χ0n) is 5.83. The van der Waals surface area contributed by atoms with Crippen LogP contribution in [0.3, 0.4) is 0 Å². The van der Waals surface area contributed by atoms with Gasteiger partial charge in [-0.2, -0.15) is 0 Å². The highest BCUT2D eigenvalue weighted by Gasteiger charge is 1.93. The van der Waals surface area contributed by atoms with E-state index in [0.29, 0.717) is 12.4 Å². The van der Waals surface area contributed by atoms with Gasteiger partial charge in [-0.05, 0) is 22.0 Å². The molecule has 0 spiro atoms. The summed E-state index contributed by atoms with van der Waals surface area (Å²) < 4.78 is 5.96. The normalized spacial score (nSPS) is 9.64. The third-order valence-electron chi connectivity index (χ3n) is 1.04. The van der Waals surface area contributed by atoms with Crippen LogP contribution in [0.25, 0.3) is 0 Å². The van der Waals surface area contributed by atoms with Gasteiger partial charge in [0.15, 0.2) is 0 Å². The fourth-order valence-corrected chi connectivity index (χ4v) is 0.979. The second-order valence-electron chi connectivity index (χ2n) is 1.91. The number of rotatable bonds is 3. The number of aliphatic hydroxyl groups is 1. The molecule has 0 atom stereocenters. The predicted molar refractivity (Wildman–Crippen MR) is 44.5 cm³/mol. The zero-order chi connectivity index (χ0) is 8.10. The van der Waals surface area contributed by atoms with E-state index in [0.717, 1.165) is 4.47 Å². The van der Waals surface area contributed by atoms with Crippen LogP contribution in [0, 0.1) is 0 Å². The van der Waals surface area contributed by atoms with Crippen molar-refractivity contribution in [2.45, 2.75) is 0 Å². The number of pyridine rings is 1. The fraction of sp³-hybridized carbons (Fsp3) is 0.286. The summed E-state index contributed by atoms with van der Waals surface area (Å²) in [5.41, 5.74) is 0. The van der Waals surface area contributed by atoms with Gasteiger partial charge in [0.1, 0.15) is 12.4 Å². The maximum absolute atomic E-state index is 8.44. The Morgan fingerprint density at radius 3 is 3.00 bits per heavy atom. The van der Waals surface area contributed by atoms with E-state index >= 15 is 0 Å². The van der Waals surface area contributed by atoms with Gasteiger partial charge in [0.2, 0.25) is 0 Å². The number of hydrogen-bond acceptors (Lipinski definition) is 3. The lowest BCUT2D eigenvalue weighted by Crippen LogP contribution is -2.01. The van der Waals surface area contributed by atoms with Crippen LogP contribution in [0.15, 0.2) is 22.9 Å². The van der Waals surface area contributed by atoms with E-state index in [2.05, 4.69) is 20.9 Å². The van der Waals surface area contributed by atoms with Gasteiger partial charge in [-0.3, -0.25) is 4.98 Å². The Balaban J connectivity index is 2.56. The van der Waals surface area contributed by atoms with Crippen LogP contribution in [-0.2, 0) is 0 Å². The van der Waals surface area contributed by atoms with Crippen LogP contribution in [0.1, 0.15) is 0 Å². The quantitative estimate of drug-likeness (QED) is 0.829. The first kappa shape index (κ1) is 8.49. The highest BCUT2D eigenvalue weighted by atomic mass is 79.9. The van der Waals surface area contributed by atoms with Crippen LogP contribution in [-0.4, -0.2) is 23.3 Å². The van der Waals surface area contributed by atoms with Gasteiger partial charge < -0.3 is 9.84 Å². The lowest BCUT2D eigenvalue weighted by atomic mass is 10.5. The molecule has 1 rings (SSSR count). The Labute approximate surface area is 73.2 Å². The number of nitrogens with zero attached hydrogens (tertiary/aromatic N) is 1. The lowest BCUT2D eigenvalue weighted by molar-refractivity contribution is 0.201. The van der Waals surface area contributed by atoms with Crippen molar-refractivity contribution in [1.82, 2.24) is 4.98 Å². The van der Waals surface area contributed by atoms with Crippen molar-refractivity contribution >= 4 is 15.9 Å². The molecule has 1 heterocycles. The molecule has 0 bridgehead atoms. The van der Waals surface area contributed by atoms with Crippen LogP contribution in [0.4, 0.5) is 0 Å². The molecule has 0 radical (unpaired) electrons. The molecule has 1 N–H and O–H groups in total. The molecule has 0 aliphatic rings. The van der Waals surface area contributed by atoms with E-state index in [4.69, 9.17) is 9.84 Å². The second-order valence-corrected chi connectivity index (χ2v) is 2.83. The third kappa shape index (κ3) is 2.86. The molecule has 4 heteroatoms. The van der Waals surface area contributed by atoms with E-state index in [1.807, 2.05) is 0 Å². The fourth-order valence-electron chi connectivity index (χ4n) is 0.635. The van der Waals surface area contributed by atoms with Gasteiger partial charge in [-0.25, -0.2) is 0 Å². The van der Waals surface area contributed by atoms with Gasteiger partial charge in [-0.15, -0.1) is 0 Å². The molecule has 0 fully saturated rings. The van der Waals surface area contributed by atoms with E-state index < -0.39 is 0 Å². The molecule has 0 saturated heterocycles. The Morgan fingerprint density at radius 1 is 1.55 bits per heavy atom. The minimum atomic E-state index is 0.0204. The van der Waals surface area contributed by atoms with Crippen molar-refractivity contribution in [3.05, 3.63) is 22.9 Å². The van der Waals surface area contributed by atoms with Crippen molar-refractivity contribution in [3.63, 3.8) is 0 Å². The van der Waals surface area contributed by atoms with Crippen molar-refractivity contribution in [2.24, 2.45) is 0 Å². The molecule has 0 aliphatic carbocycles. The third-order valence-corrected chi connectivity index (χ3v) is 1.47. The summed E-state index contributed by atoms with van der Waals surface area (Å²) in [5.74, 6) is 0.661. The lowest BCUT2D eigenvalue weighted by Gasteiger charge is -2.02. The average Bonchev–Trinajstić information content (AvgIpc) is 2.01. The van der Waals surface area contributed by atoms with Crippen LogP contribution < -0.4 is 4.74 Å². The van der Waals surface area contributed by atoms with E-state index in [1.54, 1.807) is 18.5 Å². The van der Waals surface area contributed by atoms with Crippen LogP contribution in [0.5, 0.6) is 5.75 Å². The Morgan fingerprint density at radius 2 is 2.36 bits per heavy atom. The van der Waals surface area contributed by atoms with Gasteiger partial charge in [0.25, 0.3) is 0 Å². The molecule has 0 unspecified atom stereocenters. The highest BCUT2D eigenvalue weighted by Crippen LogP contribution is 2.15. The van der Waals surface area contributed by atoms with E-state index in [1.165, 1.54) is 0 Å². The minimum Gasteiger partial charge on any atom is -0.490 e. The molecular weight excluding hydrogens is 210 g/mol. The summed E-state index contributed by atoms with van der Waals surface area (Å²) >= 11 is 3.25. The highest BCUT2D eigenvalue weighted by molar-refractivity contribution is 9.10. The molecule has 1 aromatic heterocycles. The number of hydrogen-bond donors (Lipinski definition) is 1. The van der Waals surface area contributed by atoms with Crippen molar-refractivity contribution < 1.29 is 9.84 Å². The minimum absolute atomic E-state index is 0.0204. The first-order chi connectivity index (χ1) is 5.33. The Kier molecular flexibility index (Phi) is 3.32. The smallest absolute Gasteiger partial charge is 0.138 e. The van der Waals surface area contributed by atoms with Crippen LogP contribution >= 0.6 is 15.9 Å². The van der Waals surface area contributed by atoms with Gasteiger partial charge >= 0.3 is 0 Å². The first-order valence-corrected chi connectivity index (χ1v) is 3.96. The van der Waals surface area contributed by atoms with Gasteiger partial charge in [0, 0.05) is 10.7 Å². The summed E-state index contributed by atoms with van der Waals surface area (Å²) in [4.78, 5) is 3.88. The summed E-state index contributed by atoms with van der Waals surface area (Å²) in [7, 11) is 0. The molecule has 11 heavy (non-hydrogen) atoms. The van der Waals surface area contributed by atoms with Crippen molar-refractivity contribution in [3.8, 4) is 5.75 Å². The number of ether oxygens (including phenoxy) is 1. The van der Waals surface area contributed by atoms with Crippen LogP contribution in [0.2, 0.25) is 0 Å². The molecular formula is C7H8BrNO2. The van der Waals surface area contributed by atoms with E-state index in [-0.39, 0.29) is 6.61 Å². The van der Waals surface area contributed by atoms with Gasteiger partial charge in [0.05, 0.1) is 12.8 Å². The maximum atomic E-state index is 8.44. The molecule has 3 nitrogen and oxygen atoms in total. The first-order valence-electron chi connectivity index (χ1n) is 3.17. The number of aromatic nitrogens is 1. The molecule has 0 aromatic carbocycles. The molecule has 0 saturated carbocycles. The number of halogens is 1. The maximum Gasteiger partial charge on any atom is 0.138 e. The monoisotopic (exact) mass is 217 g/mol. The summed E-state index contributed by atoms with van der Waals surface area (Å²) in [6.07, 6.45) is 3.27. The molecule has 1 aromatic rings. The SMILES string of the molecule is OCCOc1cncc(Br)c1. The molecule has 60 valence electrons. The van der Waals surface area contributed by atoms with E-state index in [9.17, 15) is 0 Å². The summed E-state index contributed by atoms with van der Waals surface area (Å²) in [6, 6.07) is 1.79. The summed E-state index contributed by atoms with van der Waals surface area (Å²) in [6.45, 7) is 0.324. The Bertz CT molecular complexity index is 229. The number of aliphatic hydroxyl groups excluding tert-OH is 1. The average molecular weight is 218 g/mol. The van der Waals surface area contributed by atoms with Crippen molar-refractivity contribution in [2.75, 3.05) is 13.2 Å². The van der Waals surface area contributed by atoms with Gasteiger partial charge in [-0.1, -0.05) is 0 Å². The topological polar surface area (TPSA) is 42.4 Å². The predicted octanol–water partition coefficient (Wildman–Crippen LogP) is 1.22. The zero-order valence-corrected chi connectivity index (χ0v) is 7.41.